The van der Waals surface area contributed by atoms with Gasteiger partial charge in [-0.2, -0.15) is 0 Å². The zero-order valence-electron chi connectivity index (χ0n) is 13.4. The van der Waals surface area contributed by atoms with E-state index in [0.29, 0.717) is 16.6 Å². The van der Waals surface area contributed by atoms with Crippen molar-refractivity contribution in [3.8, 4) is 22.6 Å². The summed E-state index contributed by atoms with van der Waals surface area (Å²) in [5.74, 6) is 0.620. The number of hydrogen-bond donors (Lipinski definition) is 2. The molecule has 126 valence electrons. The molecule has 2 aromatic heterocycles. The molecule has 1 aromatic carbocycles. The summed E-state index contributed by atoms with van der Waals surface area (Å²) in [5, 5.41) is 9.89. The number of H-pyrrole nitrogens is 1. The lowest BCUT2D eigenvalue weighted by Crippen LogP contribution is -1.98. The number of imidazole rings is 1. The number of nitrogens with one attached hydrogen (secondary N) is 1. The molecule has 2 heterocycles. The van der Waals surface area contributed by atoms with Crippen molar-refractivity contribution in [2.45, 2.75) is 19.3 Å². The average Bonchev–Trinajstić information content (AvgIpc) is 3.32. The molecule has 0 aliphatic heterocycles. The average molecular weight is 354 g/mol. The number of aromatic amines is 1. The van der Waals surface area contributed by atoms with Crippen LogP contribution in [0.3, 0.4) is 0 Å². The van der Waals surface area contributed by atoms with Crippen molar-refractivity contribution in [1.29, 1.82) is 0 Å². The Labute approximate surface area is 149 Å². The Morgan fingerprint density at radius 3 is 2.68 bits per heavy atom. The van der Waals surface area contributed by atoms with Crippen LogP contribution in [-0.4, -0.2) is 26.0 Å². The van der Waals surface area contributed by atoms with Crippen LogP contribution < -0.4 is 0 Å². The normalized spacial score (nSPS) is 13.8. The van der Waals surface area contributed by atoms with Gasteiger partial charge >= 0.3 is 5.97 Å². The molecule has 0 saturated heterocycles. The van der Waals surface area contributed by atoms with Gasteiger partial charge in [-0.05, 0) is 43.0 Å². The van der Waals surface area contributed by atoms with Crippen molar-refractivity contribution < 1.29 is 9.90 Å². The lowest BCUT2D eigenvalue weighted by molar-refractivity contribution is 0.0697. The smallest absolute Gasteiger partial charge is 0.335 e. The Morgan fingerprint density at radius 2 is 2.00 bits per heavy atom. The van der Waals surface area contributed by atoms with Crippen molar-refractivity contribution in [1.82, 2.24) is 15.0 Å². The highest BCUT2D eigenvalue weighted by Gasteiger charge is 2.25. The molecule has 2 N–H and O–H groups in total. The number of hydrogen-bond acceptors (Lipinski definition) is 3. The third-order valence-electron chi connectivity index (χ3n) is 4.31. The van der Waals surface area contributed by atoms with Crippen LogP contribution in [0.4, 0.5) is 0 Å². The van der Waals surface area contributed by atoms with E-state index < -0.39 is 5.97 Å². The zero-order chi connectivity index (χ0) is 17.4. The Hall–Kier alpha value is -2.66. The molecule has 1 aliphatic carbocycles. The summed E-state index contributed by atoms with van der Waals surface area (Å²) in [6.07, 6.45) is 4.88. The number of carboxylic acid groups (broad SMARTS) is 1. The first-order valence-electron chi connectivity index (χ1n) is 8.14. The number of pyridine rings is 1. The quantitative estimate of drug-likeness (QED) is 0.710. The standard InChI is InChI=1S/C19H16ClN3O2/c20-14-5-3-12(4-6-14)17-18(23-16(22-17)9-11-1-2-11)15-10-13(19(24)25)7-8-21-15/h3-8,10-11H,1-2,9H2,(H,22,23)(H,24,25). The largest absolute Gasteiger partial charge is 0.478 e. The van der Waals surface area contributed by atoms with Crippen LogP contribution in [0, 0.1) is 5.92 Å². The SMILES string of the molecule is O=C(O)c1ccnc(-c2[nH]c(CC3CC3)nc2-c2ccc(Cl)cc2)c1. The molecule has 1 fully saturated rings. The molecule has 0 unspecified atom stereocenters. The van der Waals surface area contributed by atoms with E-state index in [2.05, 4.69) is 9.97 Å². The van der Waals surface area contributed by atoms with E-state index in [1.165, 1.54) is 25.1 Å². The Morgan fingerprint density at radius 1 is 1.24 bits per heavy atom. The minimum Gasteiger partial charge on any atom is -0.478 e. The maximum atomic E-state index is 11.3. The first-order chi connectivity index (χ1) is 12.1. The molecule has 5 nitrogen and oxygen atoms in total. The zero-order valence-corrected chi connectivity index (χ0v) is 14.1. The summed E-state index contributed by atoms with van der Waals surface area (Å²) in [6.45, 7) is 0. The van der Waals surface area contributed by atoms with E-state index in [9.17, 15) is 9.90 Å². The predicted octanol–water partition coefficient (Wildman–Crippen LogP) is 4.44. The molecule has 0 atom stereocenters. The molecule has 1 aliphatic rings. The van der Waals surface area contributed by atoms with Crippen molar-refractivity contribution in [3.05, 3.63) is 59.0 Å². The molecule has 6 heteroatoms. The van der Waals surface area contributed by atoms with E-state index in [0.717, 1.165) is 29.2 Å². The van der Waals surface area contributed by atoms with Crippen molar-refractivity contribution in [2.75, 3.05) is 0 Å². The molecular formula is C19H16ClN3O2. The van der Waals surface area contributed by atoms with Gasteiger partial charge in [-0.25, -0.2) is 9.78 Å². The van der Waals surface area contributed by atoms with Crippen LogP contribution in [0.15, 0.2) is 42.6 Å². The molecule has 0 bridgehead atoms. The second kappa shape index (κ2) is 6.33. The molecule has 0 amide bonds. The fourth-order valence-electron chi connectivity index (χ4n) is 2.82. The van der Waals surface area contributed by atoms with E-state index in [1.807, 2.05) is 24.3 Å². The maximum Gasteiger partial charge on any atom is 0.335 e. The minimum atomic E-state index is -0.977. The monoisotopic (exact) mass is 353 g/mol. The summed E-state index contributed by atoms with van der Waals surface area (Å²) < 4.78 is 0. The highest BCUT2D eigenvalue weighted by molar-refractivity contribution is 6.30. The van der Waals surface area contributed by atoms with Crippen LogP contribution in [-0.2, 0) is 6.42 Å². The third kappa shape index (κ3) is 3.42. The van der Waals surface area contributed by atoms with Crippen LogP contribution in [0.5, 0.6) is 0 Å². The maximum absolute atomic E-state index is 11.3. The number of benzene rings is 1. The number of aromatic nitrogens is 3. The number of carboxylic acids is 1. The van der Waals surface area contributed by atoms with Gasteiger partial charge in [0.05, 0.1) is 22.6 Å². The fraction of sp³-hybridized carbons (Fsp3) is 0.211. The number of nitrogens with zero attached hydrogens (tertiary/aromatic N) is 2. The predicted molar refractivity (Wildman–Crippen MR) is 95.7 cm³/mol. The van der Waals surface area contributed by atoms with E-state index in [1.54, 1.807) is 6.07 Å². The first-order valence-corrected chi connectivity index (χ1v) is 8.52. The number of rotatable bonds is 5. The van der Waals surface area contributed by atoms with Gasteiger partial charge in [-0.15, -0.1) is 0 Å². The van der Waals surface area contributed by atoms with Crippen LogP contribution in [0.25, 0.3) is 22.6 Å². The highest BCUT2D eigenvalue weighted by Crippen LogP contribution is 2.35. The molecule has 3 aromatic rings. The summed E-state index contributed by atoms with van der Waals surface area (Å²) in [5.41, 5.74) is 3.19. The second-order valence-electron chi connectivity index (χ2n) is 6.30. The number of aromatic carboxylic acids is 1. The van der Waals surface area contributed by atoms with Crippen molar-refractivity contribution in [3.63, 3.8) is 0 Å². The molecule has 4 rings (SSSR count). The van der Waals surface area contributed by atoms with Crippen LogP contribution >= 0.6 is 11.6 Å². The van der Waals surface area contributed by atoms with Gasteiger partial charge in [0.25, 0.3) is 0 Å². The summed E-state index contributed by atoms with van der Waals surface area (Å²) in [6, 6.07) is 10.5. The molecular weight excluding hydrogens is 338 g/mol. The Balaban J connectivity index is 1.81. The Kier molecular flexibility index (Phi) is 4.01. The highest BCUT2D eigenvalue weighted by atomic mass is 35.5. The van der Waals surface area contributed by atoms with Gasteiger partial charge in [0, 0.05) is 23.2 Å². The Bertz CT molecular complexity index is 930. The molecule has 0 radical (unpaired) electrons. The lowest BCUT2D eigenvalue weighted by atomic mass is 10.1. The number of carbonyl (C=O) groups is 1. The third-order valence-corrected chi connectivity index (χ3v) is 4.56. The van der Waals surface area contributed by atoms with E-state index in [-0.39, 0.29) is 5.56 Å². The van der Waals surface area contributed by atoms with Crippen LogP contribution in [0.1, 0.15) is 29.0 Å². The number of halogens is 1. The summed E-state index contributed by atoms with van der Waals surface area (Å²) in [7, 11) is 0. The van der Waals surface area contributed by atoms with Gasteiger partial charge in [0.1, 0.15) is 5.82 Å². The minimum absolute atomic E-state index is 0.199. The van der Waals surface area contributed by atoms with Crippen molar-refractivity contribution in [2.24, 2.45) is 5.92 Å². The molecule has 0 spiro atoms. The molecule has 25 heavy (non-hydrogen) atoms. The van der Waals surface area contributed by atoms with Gasteiger partial charge in [-0.3, -0.25) is 4.98 Å². The molecule has 1 saturated carbocycles. The van der Waals surface area contributed by atoms with Gasteiger partial charge in [-0.1, -0.05) is 23.7 Å². The summed E-state index contributed by atoms with van der Waals surface area (Å²) >= 11 is 5.99. The second-order valence-corrected chi connectivity index (χ2v) is 6.73. The topological polar surface area (TPSA) is 78.9 Å². The van der Waals surface area contributed by atoms with E-state index in [4.69, 9.17) is 16.6 Å². The van der Waals surface area contributed by atoms with Crippen molar-refractivity contribution >= 4 is 17.6 Å². The van der Waals surface area contributed by atoms with Gasteiger partial charge in [0.2, 0.25) is 0 Å². The fourth-order valence-corrected chi connectivity index (χ4v) is 2.94. The van der Waals surface area contributed by atoms with E-state index >= 15 is 0 Å². The van der Waals surface area contributed by atoms with Crippen LogP contribution in [0.2, 0.25) is 5.02 Å². The first kappa shape index (κ1) is 15.8. The van der Waals surface area contributed by atoms with Gasteiger partial charge in [0.15, 0.2) is 0 Å². The summed E-state index contributed by atoms with van der Waals surface area (Å²) in [4.78, 5) is 23.7. The van der Waals surface area contributed by atoms with Gasteiger partial charge < -0.3 is 10.1 Å². The lowest BCUT2D eigenvalue weighted by Gasteiger charge is -2.04.